The molecule has 0 amide bonds. The minimum absolute atomic E-state index is 0.0148. The first kappa shape index (κ1) is 11.2. The molecule has 86 valence electrons. The Labute approximate surface area is 92.6 Å². The Balaban J connectivity index is 2.25. The van der Waals surface area contributed by atoms with Crippen molar-refractivity contribution in [1.29, 1.82) is 0 Å². The number of allylic oxidation sites excluding steroid dienone is 1. The Morgan fingerprint density at radius 2 is 1.87 bits per heavy atom. The fourth-order valence-corrected chi connectivity index (χ4v) is 2.82. The smallest absolute Gasteiger partial charge is 0.164 e. The number of hydrogen-bond donors (Lipinski definition) is 0. The SMILES string of the molecule is CC1=CCC(C)C(C)(C)C1C1OCCO1. The summed E-state index contributed by atoms with van der Waals surface area (Å²) in [5.41, 5.74) is 1.71. The Bertz CT molecular complexity index is 262. The highest BCUT2D eigenvalue weighted by molar-refractivity contribution is 5.15. The van der Waals surface area contributed by atoms with Crippen LogP contribution in [-0.4, -0.2) is 19.5 Å². The summed E-state index contributed by atoms with van der Waals surface area (Å²) in [6, 6.07) is 0. The molecule has 0 N–H and O–H groups in total. The van der Waals surface area contributed by atoms with E-state index in [4.69, 9.17) is 9.47 Å². The zero-order valence-corrected chi connectivity index (χ0v) is 10.2. The predicted molar refractivity (Wildman–Crippen MR) is 60.5 cm³/mol. The van der Waals surface area contributed by atoms with E-state index in [2.05, 4.69) is 33.8 Å². The third kappa shape index (κ3) is 1.85. The van der Waals surface area contributed by atoms with Gasteiger partial charge in [0.05, 0.1) is 13.2 Å². The van der Waals surface area contributed by atoms with E-state index in [1.807, 2.05) is 0 Å². The van der Waals surface area contributed by atoms with Crippen molar-refractivity contribution in [2.45, 2.75) is 40.4 Å². The lowest BCUT2D eigenvalue weighted by molar-refractivity contribution is -0.115. The van der Waals surface area contributed by atoms with Crippen molar-refractivity contribution >= 4 is 0 Å². The van der Waals surface area contributed by atoms with E-state index in [0.717, 1.165) is 13.2 Å². The third-order valence-corrected chi connectivity index (χ3v) is 4.28. The van der Waals surface area contributed by atoms with Crippen molar-refractivity contribution in [3.63, 3.8) is 0 Å². The highest BCUT2D eigenvalue weighted by Crippen LogP contribution is 2.47. The molecular weight excluding hydrogens is 188 g/mol. The average Bonchev–Trinajstić information content (AvgIpc) is 2.65. The van der Waals surface area contributed by atoms with Gasteiger partial charge in [-0.25, -0.2) is 0 Å². The minimum atomic E-state index is -0.0148. The molecule has 0 bridgehead atoms. The lowest BCUT2D eigenvalue weighted by Crippen LogP contribution is -2.42. The molecule has 2 heteroatoms. The topological polar surface area (TPSA) is 18.5 Å². The molecule has 0 spiro atoms. The van der Waals surface area contributed by atoms with Crippen LogP contribution in [0.25, 0.3) is 0 Å². The molecule has 0 aromatic carbocycles. The van der Waals surface area contributed by atoms with Gasteiger partial charge in [-0.3, -0.25) is 0 Å². The molecule has 2 aliphatic rings. The van der Waals surface area contributed by atoms with Crippen molar-refractivity contribution in [3.05, 3.63) is 11.6 Å². The molecule has 2 rings (SSSR count). The van der Waals surface area contributed by atoms with Crippen molar-refractivity contribution in [2.75, 3.05) is 13.2 Å². The molecule has 1 saturated heterocycles. The van der Waals surface area contributed by atoms with Crippen LogP contribution < -0.4 is 0 Å². The molecule has 1 fully saturated rings. The van der Waals surface area contributed by atoms with Crippen LogP contribution in [-0.2, 0) is 9.47 Å². The maximum absolute atomic E-state index is 5.68. The van der Waals surface area contributed by atoms with Crippen LogP contribution in [0.5, 0.6) is 0 Å². The molecule has 1 heterocycles. The van der Waals surface area contributed by atoms with Crippen molar-refractivity contribution in [1.82, 2.24) is 0 Å². The van der Waals surface area contributed by atoms with E-state index in [9.17, 15) is 0 Å². The minimum Gasteiger partial charge on any atom is -0.350 e. The fourth-order valence-electron chi connectivity index (χ4n) is 2.82. The van der Waals surface area contributed by atoms with Crippen molar-refractivity contribution in [3.8, 4) is 0 Å². The van der Waals surface area contributed by atoms with Crippen LogP contribution >= 0.6 is 0 Å². The van der Waals surface area contributed by atoms with Gasteiger partial charge in [-0.05, 0) is 24.7 Å². The van der Waals surface area contributed by atoms with E-state index in [0.29, 0.717) is 11.8 Å². The van der Waals surface area contributed by atoms with Crippen LogP contribution in [0.15, 0.2) is 11.6 Å². The van der Waals surface area contributed by atoms with E-state index >= 15 is 0 Å². The summed E-state index contributed by atoms with van der Waals surface area (Å²) in [5, 5.41) is 0. The van der Waals surface area contributed by atoms with Gasteiger partial charge in [-0.1, -0.05) is 32.4 Å². The van der Waals surface area contributed by atoms with Crippen LogP contribution in [0.1, 0.15) is 34.1 Å². The second kappa shape index (κ2) is 3.91. The van der Waals surface area contributed by atoms with Gasteiger partial charge in [0.1, 0.15) is 0 Å². The summed E-state index contributed by atoms with van der Waals surface area (Å²) in [6.07, 6.45) is 3.52. The monoisotopic (exact) mass is 210 g/mol. The first-order chi connectivity index (χ1) is 7.03. The van der Waals surface area contributed by atoms with Crippen LogP contribution in [0.2, 0.25) is 0 Å². The molecule has 15 heavy (non-hydrogen) atoms. The zero-order chi connectivity index (χ0) is 11.1. The van der Waals surface area contributed by atoms with E-state index in [1.165, 1.54) is 12.0 Å². The maximum atomic E-state index is 5.68. The Morgan fingerprint density at radius 1 is 1.27 bits per heavy atom. The molecule has 0 radical (unpaired) electrons. The highest BCUT2D eigenvalue weighted by Gasteiger charge is 2.44. The molecule has 0 saturated carbocycles. The molecule has 1 aliphatic carbocycles. The second-order valence-electron chi connectivity index (χ2n) is 5.49. The lowest BCUT2D eigenvalue weighted by Gasteiger charge is -2.45. The van der Waals surface area contributed by atoms with Crippen LogP contribution in [0.4, 0.5) is 0 Å². The highest BCUT2D eigenvalue weighted by atomic mass is 16.7. The largest absolute Gasteiger partial charge is 0.350 e. The fraction of sp³-hybridized carbons (Fsp3) is 0.846. The van der Waals surface area contributed by atoms with Gasteiger partial charge in [0.2, 0.25) is 0 Å². The molecule has 2 nitrogen and oxygen atoms in total. The number of ether oxygens (including phenoxy) is 2. The maximum Gasteiger partial charge on any atom is 0.164 e. The van der Waals surface area contributed by atoms with Gasteiger partial charge in [0, 0.05) is 5.92 Å². The molecule has 2 atom stereocenters. The third-order valence-electron chi connectivity index (χ3n) is 4.28. The van der Waals surface area contributed by atoms with Gasteiger partial charge in [-0.2, -0.15) is 0 Å². The van der Waals surface area contributed by atoms with E-state index < -0.39 is 0 Å². The standard InChI is InChI=1S/C13H22O2/c1-9-5-6-10(2)13(3,4)11(9)12-14-7-8-15-12/h5,10-12H,6-8H2,1-4H3. The van der Waals surface area contributed by atoms with Gasteiger partial charge in [-0.15, -0.1) is 0 Å². The molecule has 0 aromatic heterocycles. The Hall–Kier alpha value is -0.340. The van der Waals surface area contributed by atoms with Gasteiger partial charge >= 0.3 is 0 Å². The lowest BCUT2D eigenvalue weighted by atomic mass is 9.63. The summed E-state index contributed by atoms with van der Waals surface area (Å²) in [7, 11) is 0. The predicted octanol–water partition coefficient (Wildman–Crippen LogP) is 2.99. The molecule has 0 aromatic rings. The van der Waals surface area contributed by atoms with E-state index in [-0.39, 0.29) is 11.7 Å². The Morgan fingerprint density at radius 3 is 2.47 bits per heavy atom. The van der Waals surface area contributed by atoms with Gasteiger partial charge in [0.25, 0.3) is 0 Å². The van der Waals surface area contributed by atoms with Crippen LogP contribution in [0.3, 0.4) is 0 Å². The van der Waals surface area contributed by atoms with Gasteiger partial charge in [0.15, 0.2) is 6.29 Å². The first-order valence-electron chi connectivity index (χ1n) is 5.93. The molecule has 1 aliphatic heterocycles. The molecule has 2 unspecified atom stereocenters. The second-order valence-corrected chi connectivity index (χ2v) is 5.49. The van der Waals surface area contributed by atoms with E-state index in [1.54, 1.807) is 0 Å². The molecular formula is C13H22O2. The normalized spacial score (nSPS) is 36.7. The van der Waals surface area contributed by atoms with Crippen molar-refractivity contribution in [2.24, 2.45) is 17.3 Å². The average molecular weight is 210 g/mol. The van der Waals surface area contributed by atoms with Crippen molar-refractivity contribution < 1.29 is 9.47 Å². The summed E-state index contributed by atoms with van der Waals surface area (Å²) in [4.78, 5) is 0. The Kier molecular flexibility index (Phi) is 2.91. The summed E-state index contributed by atoms with van der Waals surface area (Å²) in [5.74, 6) is 1.11. The first-order valence-corrected chi connectivity index (χ1v) is 5.93. The number of rotatable bonds is 1. The quantitative estimate of drug-likeness (QED) is 0.619. The summed E-state index contributed by atoms with van der Waals surface area (Å²) < 4.78 is 11.4. The van der Waals surface area contributed by atoms with Gasteiger partial charge < -0.3 is 9.47 Å². The summed E-state index contributed by atoms with van der Waals surface area (Å²) in [6.45, 7) is 10.7. The number of hydrogen-bond acceptors (Lipinski definition) is 2. The zero-order valence-electron chi connectivity index (χ0n) is 10.2. The van der Waals surface area contributed by atoms with Crippen LogP contribution in [0, 0.1) is 17.3 Å². The summed E-state index contributed by atoms with van der Waals surface area (Å²) >= 11 is 0.